The van der Waals surface area contributed by atoms with E-state index in [2.05, 4.69) is 15.1 Å². The summed E-state index contributed by atoms with van der Waals surface area (Å²) in [5.41, 5.74) is 2.26. The van der Waals surface area contributed by atoms with Crippen molar-refractivity contribution in [1.29, 1.82) is 0 Å². The summed E-state index contributed by atoms with van der Waals surface area (Å²) in [7, 11) is -4.12. The average Bonchev–Trinajstić information content (AvgIpc) is 3.20. The van der Waals surface area contributed by atoms with Gasteiger partial charge in [0, 0.05) is 59.7 Å². The molecule has 1 aromatic carbocycles. The van der Waals surface area contributed by atoms with Crippen molar-refractivity contribution in [3.8, 4) is 0 Å². The van der Waals surface area contributed by atoms with Gasteiger partial charge < -0.3 is 10.1 Å². The van der Waals surface area contributed by atoms with E-state index in [9.17, 15) is 13.2 Å². The Morgan fingerprint density at radius 2 is 1.72 bits per heavy atom. The van der Waals surface area contributed by atoms with Crippen molar-refractivity contribution < 1.29 is 17.9 Å². The zero-order chi connectivity index (χ0) is 22.8. The summed E-state index contributed by atoms with van der Waals surface area (Å²) in [5, 5.41) is 7.29. The van der Waals surface area contributed by atoms with Gasteiger partial charge in [-0.2, -0.15) is 13.5 Å². The van der Waals surface area contributed by atoms with E-state index in [0.29, 0.717) is 23.9 Å². The first kappa shape index (κ1) is 27.1. The van der Waals surface area contributed by atoms with E-state index in [0.717, 1.165) is 24.0 Å². The number of anilines is 1. The topological polar surface area (TPSA) is 102 Å². The van der Waals surface area contributed by atoms with Gasteiger partial charge in [0.05, 0.1) is 6.04 Å². The third kappa shape index (κ3) is 6.48. The molecule has 1 saturated heterocycles. The standard InChI is InChI=1S/C21H29ClN4O4S.Na/c1-13(2)17-11-15(22)12-18(14(3)4)20(17)23-21(27)25-31(28,29)19-5-8-26(24-19)16-6-9-30-10-7-16;/h5,8,11-14,16H,6-7,9-10H2,1-4H3,(H2,23,25,27);. The Morgan fingerprint density at radius 3 is 2.25 bits per heavy atom. The number of nitrogens with zero attached hydrogens (tertiary/aromatic N) is 2. The van der Waals surface area contributed by atoms with Crippen LogP contribution in [0.25, 0.3) is 0 Å². The molecule has 1 radical (unpaired) electrons. The van der Waals surface area contributed by atoms with E-state index >= 15 is 0 Å². The fourth-order valence-corrected chi connectivity index (χ4v) is 4.71. The Bertz CT molecular complexity index is 1020. The molecule has 1 fully saturated rings. The summed E-state index contributed by atoms with van der Waals surface area (Å²) in [5.74, 6) is 0.163. The number of halogens is 1. The maximum Gasteiger partial charge on any atom is 0.333 e. The van der Waals surface area contributed by atoms with E-state index in [1.807, 2.05) is 27.7 Å². The molecule has 2 aromatic rings. The van der Waals surface area contributed by atoms with Crippen molar-refractivity contribution in [3.63, 3.8) is 0 Å². The summed E-state index contributed by atoms with van der Waals surface area (Å²) >= 11 is 6.26. The minimum atomic E-state index is -4.12. The first-order chi connectivity index (χ1) is 14.6. The van der Waals surface area contributed by atoms with E-state index in [1.165, 1.54) is 6.07 Å². The van der Waals surface area contributed by atoms with E-state index in [4.69, 9.17) is 16.3 Å². The van der Waals surface area contributed by atoms with Crippen molar-refractivity contribution in [2.24, 2.45) is 0 Å². The van der Waals surface area contributed by atoms with Gasteiger partial charge in [-0.1, -0.05) is 39.3 Å². The molecular weight excluding hydrogens is 463 g/mol. The molecule has 1 aliphatic heterocycles. The minimum Gasteiger partial charge on any atom is -0.381 e. The van der Waals surface area contributed by atoms with Crippen LogP contribution in [-0.2, 0) is 14.8 Å². The molecule has 171 valence electrons. The number of sulfonamides is 1. The molecule has 2 heterocycles. The molecule has 1 aromatic heterocycles. The first-order valence-electron chi connectivity index (χ1n) is 10.4. The molecule has 3 rings (SSSR count). The van der Waals surface area contributed by atoms with Crippen molar-refractivity contribution in [3.05, 3.63) is 40.5 Å². The van der Waals surface area contributed by atoms with Gasteiger partial charge >= 0.3 is 6.03 Å². The zero-order valence-electron chi connectivity index (χ0n) is 19.2. The largest absolute Gasteiger partial charge is 0.381 e. The quantitative estimate of drug-likeness (QED) is 0.587. The molecular formula is C21H29ClN4NaO4S. The van der Waals surface area contributed by atoms with Crippen LogP contribution in [0.2, 0.25) is 5.02 Å². The average molecular weight is 492 g/mol. The fraction of sp³-hybridized carbons (Fsp3) is 0.524. The van der Waals surface area contributed by atoms with Crippen LogP contribution in [0.15, 0.2) is 29.4 Å². The van der Waals surface area contributed by atoms with Crippen molar-refractivity contribution >= 4 is 62.9 Å². The van der Waals surface area contributed by atoms with E-state index in [1.54, 1.807) is 23.0 Å². The first-order valence-corrected chi connectivity index (χ1v) is 12.2. The molecule has 32 heavy (non-hydrogen) atoms. The second-order valence-corrected chi connectivity index (χ2v) is 10.4. The summed E-state index contributed by atoms with van der Waals surface area (Å²) in [4.78, 5) is 12.7. The summed E-state index contributed by atoms with van der Waals surface area (Å²) in [6, 6.07) is 4.22. The van der Waals surface area contributed by atoms with E-state index < -0.39 is 16.1 Å². The number of carbonyl (C=O) groups excluding carboxylic acids is 1. The second kappa shape index (κ2) is 11.4. The zero-order valence-corrected chi connectivity index (χ0v) is 22.8. The van der Waals surface area contributed by atoms with Crippen LogP contribution in [0.4, 0.5) is 10.5 Å². The molecule has 11 heteroatoms. The number of hydrogen-bond donors (Lipinski definition) is 2. The van der Waals surface area contributed by atoms with Crippen molar-refractivity contribution in [2.45, 2.75) is 63.4 Å². The molecule has 2 amide bonds. The van der Waals surface area contributed by atoms with Crippen LogP contribution < -0.4 is 10.0 Å². The Kier molecular flexibility index (Phi) is 9.63. The number of amides is 2. The Labute approximate surface area is 216 Å². The van der Waals surface area contributed by atoms with Crippen molar-refractivity contribution in [2.75, 3.05) is 18.5 Å². The number of carbonyl (C=O) groups is 1. The van der Waals surface area contributed by atoms with Gasteiger partial charge in [-0.3, -0.25) is 4.68 Å². The monoisotopic (exact) mass is 491 g/mol. The normalized spacial score (nSPS) is 15.0. The molecule has 0 saturated carbocycles. The van der Waals surface area contributed by atoms with Gasteiger partial charge in [0.2, 0.25) is 0 Å². The van der Waals surface area contributed by atoms with Crippen LogP contribution in [0, 0.1) is 0 Å². The number of urea groups is 1. The van der Waals surface area contributed by atoms with Gasteiger partial charge in [-0.25, -0.2) is 9.52 Å². The van der Waals surface area contributed by atoms with Crippen LogP contribution in [0.5, 0.6) is 0 Å². The third-order valence-corrected chi connectivity index (χ3v) is 6.74. The SMILES string of the molecule is CC(C)c1cc(Cl)cc(C(C)C)c1NC(=O)NS(=O)(=O)c1ccn(C2CCOCC2)n1.[Na]. The predicted molar refractivity (Wildman–Crippen MR) is 126 cm³/mol. The third-order valence-electron chi connectivity index (χ3n) is 5.30. The Morgan fingerprint density at radius 1 is 1.16 bits per heavy atom. The molecule has 0 atom stereocenters. The molecule has 0 spiro atoms. The van der Waals surface area contributed by atoms with Gasteiger partial charge in [0.15, 0.2) is 5.03 Å². The minimum absolute atomic E-state index is 0. The summed E-state index contributed by atoms with van der Waals surface area (Å²) < 4.78 is 34.5. The van der Waals surface area contributed by atoms with Crippen LogP contribution >= 0.6 is 11.6 Å². The fourth-order valence-electron chi connectivity index (χ4n) is 3.64. The number of benzene rings is 1. The second-order valence-electron chi connectivity index (χ2n) is 8.31. The van der Waals surface area contributed by atoms with Gasteiger partial charge in [-0.15, -0.1) is 0 Å². The van der Waals surface area contributed by atoms with Crippen LogP contribution in [-0.4, -0.2) is 67.0 Å². The number of hydrogen-bond acceptors (Lipinski definition) is 5. The smallest absolute Gasteiger partial charge is 0.333 e. The molecule has 1 aliphatic rings. The number of rotatable bonds is 6. The molecule has 8 nitrogen and oxygen atoms in total. The Hall–Kier alpha value is -1.10. The molecule has 0 bridgehead atoms. The predicted octanol–water partition coefficient (Wildman–Crippen LogP) is 4.26. The van der Waals surface area contributed by atoms with Gasteiger partial charge in [-0.05, 0) is 54.0 Å². The number of aromatic nitrogens is 2. The maximum absolute atomic E-state index is 12.7. The van der Waals surface area contributed by atoms with Gasteiger partial charge in [0.1, 0.15) is 0 Å². The Balaban J connectivity index is 0.00000363. The number of nitrogens with one attached hydrogen (secondary N) is 2. The van der Waals surface area contributed by atoms with Crippen LogP contribution in [0.1, 0.15) is 69.5 Å². The van der Waals surface area contributed by atoms with Crippen molar-refractivity contribution in [1.82, 2.24) is 14.5 Å². The molecule has 2 N–H and O–H groups in total. The van der Waals surface area contributed by atoms with Gasteiger partial charge in [0.25, 0.3) is 10.0 Å². The molecule has 0 unspecified atom stereocenters. The van der Waals surface area contributed by atoms with Crippen LogP contribution in [0.3, 0.4) is 0 Å². The summed E-state index contributed by atoms with van der Waals surface area (Å²) in [6.07, 6.45) is 3.15. The maximum atomic E-state index is 12.7. The van der Waals surface area contributed by atoms with E-state index in [-0.39, 0.29) is 52.5 Å². The summed E-state index contributed by atoms with van der Waals surface area (Å²) in [6.45, 7) is 9.17. The molecule has 0 aliphatic carbocycles. The number of ether oxygens (including phenoxy) is 1.